The number of halogens is 4. The van der Waals surface area contributed by atoms with Gasteiger partial charge in [0, 0.05) is 40.9 Å². The summed E-state index contributed by atoms with van der Waals surface area (Å²) in [6.07, 6.45) is 2.57. The number of rotatable bonds is 8. The molecule has 0 radical (unpaired) electrons. The smallest absolute Gasteiger partial charge is 0.338 e. The van der Waals surface area contributed by atoms with E-state index in [1.165, 1.54) is 46.2 Å². The summed E-state index contributed by atoms with van der Waals surface area (Å²) in [5.74, 6) is -4.58. The Morgan fingerprint density at radius 3 is 2.85 bits per heavy atom. The number of esters is 1. The average molecular weight is 658 g/mol. The van der Waals surface area contributed by atoms with E-state index >= 15 is 0 Å². The van der Waals surface area contributed by atoms with Gasteiger partial charge in [-0.25, -0.2) is 22.9 Å². The molecule has 1 amide bonds. The van der Waals surface area contributed by atoms with Gasteiger partial charge in [0.2, 0.25) is 5.91 Å². The normalized spacial score (nSPS) is 23.9. The van der Waals surface area contributed by atoms with Crippen molar-refractivity contribution < 1.29 is 27.5 Å². The van der Waals surface area contributed by atoms with Crippen molar-refractivity contribution in [3.8, 4) is 0 Å². The lowest BCUT2D eigenvalue weighted by atomic mass is 9.95. The number of aromatic nitrogens is 1. The predicted octanol–water partition coefficient (Wildman–Crippen LogP) is 3.87. The van der Waals surface area contributed by atoms with Crippen LogP contribution >= 0.6 is 39.0 Å². The molecule has 1 unspecified atom stereocenters. The molecule has 1 aromatic heterocycles. The molecule has 4 heterocycles. The monoisotopic (exact) mass is 656 g/mol. The quantitative estimate of drug-likeness (QED) is 0.368. The lowest BCUT2D eigenvalue weighted by molar-refractivity contribution is -0.139. The second-order valence-electron chi connectivity index (χ2n) is 9.10. The number of hydrogen-bond acceptors (Lipinski definition) is 10. The average Bonchev–Trinajstić information content (AvgIpc) is 3.66. The molecule has 40 heavy (non-hydrogen) atoms. The van der Waals surface area contributed by atoms with E-state index in [1.807, 2.05) is 0 Å². The molecule has 0 saturated carbocycles. The van der Waals surface area contributed by atoms with Gasteiger partial charge in [0.1, 0.15) is 11.9 Å². The number of thiazole rings is 1. The van der Waals surface area contributed by atoms with Gasteiger partial charge >= 0.3 is 5.97 Å². The van der Waals surface area contributed by atoms with Crippen molar-refractivity contribution in [2.75, 3.05) is 19.7 Å². The van der Waals surface area contributed by atoms with E-state index < -0.39 is 54.2 Å². The van der Waals surface area contributed by atoms with Crippen LogP contribution in [0.3, 0.4) is 0 Å². The molecule has 3 atom stereocenters. The Morgan fingerprint density at radius 2 is 2.17 bits per heavy atom. The van der Waals surface area contributed by atoms with E-state index in [9.17, 15) is 22.8 Å². The first-order chi connectivity index (χ1) is 19.1. The molecular weight excluding hydrogens is 633 g/mol. The van der Waals surface area contributed by atoms with E-state index in [-0.39, 0.29) is 24.4 Å². The van der Waals surface area contributed by atoms with Crippen LogP contribution in [0.25, 0.3) is 0 Å². The summed E-state index contributed by atoms with van der Waals surface area (Å²) in [6, 6.07) is 1.87. The van der Waals surface area contributed by atoms with Gasteiger partial charge in [-0.2, -0.15) is 0 Å². The molecule has 0 aliphatic carbocycles. The third-order valence-corrected chi connectivity index (χ3v) is 8.63. The maximum Gasteiger partial charge on any atom is 0.338 e. The predicted molar refractivity (Wildman–Crippen MR) is 149 cm³/mol. The molecule has 1 fully saturated rings. The second kappa shape index (κ2) is 11.9. The van der Waals surface area contributed by atoms with E-state index in [0.29, 0.717) is 20.9 Å². The molecule has 3 N–H and O–H groups in total. The van der Waals surface area contributed by atoms with Gasteiger partial charge in [-0.15, -0.1) is 11.3 Å². The molecule has 2 aromatic rings. The number of nitrogens with one attached hydrogen (secondary N) is 3. The van der Waals surface area contributed by atoms with Crippen molar-refractivity contribution >= 4 is 56.7 Å². The molecule has 1 aromatic carbocycles. The van der Waals surface area contributed by atoms with Gasteiger partial charge in [0.25, 0.3) is 5.92 Å². The number of thioether (sulfide) groups is 1. The number of carbonyl (C=O) groups excluding carboxylic acids is 2. The Bertz CT molecular complexity index is 1380. The number of alkyl halides is 2. The van der Waals surface area contributed by atoms with E-state index in [4.69, 9.17) is 9.73 Å². The fourth-order valence-electron chi connectivity index (χ4n) is 4.66. The van der Waals surface area contributed by atoms with Crippen molar-refractivity contribution in [3.63, 3.8) is 0 Å². The summed E-state index contributed by atoms with van der Waals surface area (Å²) < 4.78 is 49.1. The topological polar surface area (TPSA) is 108 Å². The van der Waals surface area contributed by atoms with Crippen LogP contribution in [0.4, 0.5) is 13.2 Å². The van der Waals surface area contributed by atoms with Crippen molar-refractivity contribution in [1.29, 1.82) is 0 Å². The summed E-state index contributed by atoms with van der Waals surface area (Å²) in [4.78, 5) is 36.8. The zero-order valence-electron chi connectivity index (χ0n) is 21.0. The van der Waals surface area contributed by atoms with Crippen LogP contribution in [-0.4, -0.2) is 64.8 Å². The van der Waals surface area contributed by atoms with Crippen LogP contribution < -0.4 is 16.0 Å². The Morgan fingerprint density at radius 1 is 1.35 bits per heavy atom. The number of amides is 1. The molecule has 5 rings (SSSR count). The summed E-state index contributed by atoms with van der Waals surface area (Å²) in [5.41, 5.74) is 0.316. The van der Waals surface area contributed by atoms with Gasteiger partial charge in [0.05, 0.1) is 24.8 Å². The number of amidine groups is 1. The first-order valence-electron chi connectivity index (χ1n) is 12.2. The van der Waals surface area contributed by atoms with Crippen LogP contribution in [0.15, 0.2) is 62.1 Å². The summed E-state index contributed by atoms with van der Waals surface area (Å²) >= 11 is 5.97. The largest absolute Gasteiger partial charge is 0.463 e. The number of benzene rings is 1. The third kappa shape index (κ3) is 6.21. The molecule has 3 aliphatic rings. The van der Waals surface area contributed by atoms with E-state index in [2.05, 4.69) is 36.9 Å². The van der Waals surface area contributed by atoms with Crippen molar-refractivity contribution in [3.05, 3.63) is 73.5 Å². The Labute approximate surface area is 244 Å². The molecule has 9 nitrogen and oxygen atoms in total. The molecule has 0 spiro atoms. The van der Waals surface area contributed by atoms with Crippen LogP contribution in [0.1, 0.15) is 30.0 Å². The number of carbonyl (C=O) groups is 2. The van der Waals surface area contributed by atoms with Crippen LogP contribution in [-0.2, 0) is 14.3 Å². The van der Waals surface area contributed by atoms with Gasteiger partial charge in [-0.1, -0.05) is 33.8 Å². The van der Waals surface area contributed by atoms with E-state index in [0.717, 1.165) is 0 Å². The molecule has 3 aliphatic heterocycles. The first kappa shape index (κ1) is 28.6. The van der Waals surface area contributed by atoms with Crippen LogP contribution in [0.2, 0.25) is 0 Å². The van der Waals surface area contributed by atoms with Crippen molar-refractivity contribution in [2.45, 2.75) is 36.8 Å². The number of ether oxygens (including phenoxy) is 1. The second-order valence-corrected chi connectivity index (χ2v) is 11.9. The number of hydrogen-bond donors (Lipinski definition) is 3. The molecule has 1 saturated heterocycles. The molecule has 212 valence electrons. The van der Waals surface area contributed by atoms with Crippen LogP contribution in [0, 0.1) is 5.82 Å². The zero-order chi connectivity index (χ0) is 28.4. The maximum atomic E-state index is 14.7. The van der Waals surface area contributed by atoms with Gasteiger partial charge in [0.15, 0.2) is 16.3 Å². The standard InChI is InChI=1S/C25H24BrF3N6O3S2/c1-2-38-23(37)18-16(11-35-12-25(28,29)10-17(35)21(36)34-24-31-6-8-40-24)32-20(22-30-5-7-39-22)33-19(18)14-4-3-13(27)9-15(14)26/h3-9,17,19,24,31H,2,10-12H2,1H3,(H,32,33)(H,34,36)/t17-,19-,24?/m0/s1. The van der Waals surface area contributed by atoms with Gasteiger partial charge < -0.3 is 20.7 Å². The first-order valence-corrected chi connectivity index (χ1v) is 14.9. The maximum absolute atomic E-state index is 14.7. The number of aliphatic imine (C=N–C) groups is 1. The van der Waals surface area contributed by atoms with Gasteiger partial charge in [-0.05, 0) is 30.0 Å². The highest BCUT2D eigenvalue weighted by Crippen LogP contribution is 2.39. The fourth-order valence-corrected chi connectivity index (χ4v) is 6.47. The highest BCUT2D eigenvalue weighted by atomic mass is 79.9. The highest BCUT2D eigenvalue weighted by molar-refractivity contribution is 9.10. The third-order valence-electron chi connectivity index (χ3n) is 6.35. The summed E-state index contributed by atoms with van der Waals surface area (Å²) in [5, 5.41) is 12.8. The lowest BCUT2D eigenvalue weighted by Gasteiger charge is -2.31. The van der Waals surface area contributed by atoms with Crippen molar-refractivity contribution in [2.24, 2.45) is 4.99 Å². The molecule has 15 heteroatoms. The van der Waals surface area contributed by atoms with E-state index in [1.54, 1.807) is 30.1 Å². The Hall–Kier alpha value is -2.88. The molecular formula is C25H24BrF3N6O3S2. The number of nitrogens with zero attached hydrogens (tertiary/aromatic N) is 3. The van der Waals surface area contributed by atoms with Gasteiger partial charge in [-0.3, -0.25) is 14.7 Å². The fraction of sp³-hybridized carbons (Fsp3) is 0.360. The lowest BCUT2D eigenvalue weighted by Crippen LogP contribution is -2.50. The molecule has 0 bridgehead atoms. The Kier molecular flexibility index (Phi) is 8.54. The minimum absolute atomic E-state index is 0.0584. The number of likely N-dealkylation sites (tertiary alicyclic amines) is 1. The highest BCUT2D eigenvalue weighted by Gasteiger charge is 2.49. The zero-order valence-corrected chi connectivity index (χ0v) is 24.2. The van der Waals surface area contributed by atoms with Crippen LogP contribution in [0.5, 0.6) is 0 Å². The minimum atomic E-state index is -3.12. The summed E-state index contributed by atoms with van der Waals surface area (Å²) in [6.45, 7) is 0.811. The minimum Gasteiger partial charge on any atom is -0.463 e. The van der Waals surface area contributed by atoms with Crippen molar-refractivity contribution in [1.82, 2.24) is 25.8 Å². The SMILES string of the molecule is CCOC(=O)C1=C(CN2CC(F)(F)C[C@H]2C(=O)NC2NC=CS2)NC(c2nccs2)=N[C@H]1c1ccc(F)cc1Br. The Balaban J connectivity index is 1.55. The summed E-state index contributed by atoms with van der Waals surface area (Å²) in [7, 11) is 0.